The van der Waals surface area contributed by atoms with E-state index in [-0.39, 0.29) is 40.1 Å². The number of hydrogen-bond acceptors (Lipinski definition) is 10. The molecule has 10 rings (SSSR count). The number of alkyl halides is 5. The van der Waals surface area contributed by atoms with E-state index in [0.717, 1.165) is 57.4 Å². The molecular weight excluding hydrogens is 878 g/mol. The number of rotatable bonds is 10. The Labute approximate surface area is 358 Å². The minimum atomic E-state index is -5.11. The molecule has 330 valence electrons. The van der Waals surface area contributed by atoms with Gasteiger partial charge in [-0.25, -0.2) is 22.2 Å². The SMILES string of the molecule is C=C1[C@@H]2c3c(C(F)(F)F)nn(CC(=O)N[C@@H](Cc4cc(F)cc(F)c4)c4nc5nc(N6CC7(CCNCC7)C6)sc5cc4-c4cccc5c(NS(C)(=O)=O)nn(C)c45)c3C(F)(F)[C@H]12. The molecule has 2 aliphatic carbocycles. The first-order chi connectivity index (χ1) is 29.7. The summed E-state index contributed by atoms with van der Waals surface area (Å²) in [5, 5.41) is 15.1. The maximum atomic E-state index is 15.7. The topological polar surface area (TPSA) is 152 Å². The summed E-state index contributed by atoms with van der Waals surface area (Å²) in [4.78, 5) is 26.2. The second-order valence-corrected chi connectivity index (χ2v) is 19.7. The predicted octanol–water partition coefficient (Wildman–Crippen LogP) is 6.78. The number of sulfonamides is 1. The highest BCUT2D eigenvalue weighted by Crippen LogP contribution is 2.71. The van der Waals surface area contributed by atoms with Crippen LogP contribution in [0, 0.1) is 23.0 Å². The number of piperidine rings is 1. The van der Waals surface area contributed by atoms with Crippen LogP contribution in [-0.2, 0) is 46.9 Å². The van der Waals surface area contributed by atoms with Crippen molar-refractivity contribution in [1.29, 1.82) is 0 Å². The number of aromatic nitrogens is 6. The Kier molecular flexibility index (Phi) is 9.33. The fraction of sp³-hybridized carbons (Fsp3) is 0.390. The molecule has 3 N–H and O–H groups in total. The summed E-state index contributed by atoms with van der Waals surface area (Å²) in [6, 6.07) is 8.24. The highest BCUT2D eigenvalue weighted by atomic mass is 32.2. The Bertz CT molecular complexity index is 3000. The van der Waals surface area contributed by atoms with Crippen molar-refractivity contribution < 1.29 is 43.9 Å². The number of pyridine rings is 1. The highest BCUT2D eigenvalue weighted by molar-refractivity contribution is 7.92. The van der Waals surface area contributed by atoms with Crippen molar-refractivity contribution in [3.63, 3.8) is 0 Å². The van der Waals surface area contributed by atoms with Crippen molar-refractivity contribution in [3.8, 4) is 11.1 Å². The average molecular weight is 915 g/mol. The molecule has 4 aromatic heterocycles. The van der Waals surface area contributed by atoms with Gasteiger partial charge in [-0.2, -0.15) is 37.1 Å². The molecule has 63 heavy (non-hydrogen) atoms. The van der Waals surface area contributed by atoms with Gasteiger partial charge >= 0.3 is 6.18 Å². The zero-order valence-electron chi connectivity index (χ0n) is 33.5. The number of benzene rings is 2. The van der Waals surface area contributed by atoms with Crippen LogP contribution in [0.1, 0.15) is 53.0 Å². The van der Waals surface area contributed by atoms with Crippen LogP contribution in [0.3, 0.4) is 0 Å². The third-order valence-electron chi connectivity index (χ3n) is 12.4. The molecule has 13 nitrogen and oxygen atoms in total. The first-order valence-corrected chi connectivity index (χ1v) is 22.6. The first kappa shape index (κ1) is 41.4. The van der Waals surface area contributed by atoms with E-state index in [4.69, 9.17) is 9.97 Å². The molecule has 2 aromatic carbocycles. The lowest BCUT2D eigenvalue weighted by Crippen LogP contribution is -2.60. The quantitative estimate of drug-likeness (QED) is 0.0999. The van der Waals surface area contributed by atoms with E-state index in [2.05, 4.69) is 37.0 Å². The van der Waals surface area contributed by atoms with Gasteiger partial charge in [0.2, 0.25) is 15.9 Å². The summed E-state index contributed by atoms with van der Waals surface area (Å²) < 4.78 is 133. The average Bonchev–Trinajstić information content (AvgIpc) is 3.50. The molecule has 0 unspecified atom stereocenters. The Morgan fingerprint density at radius 2 is 1.76 bits per heavy atom. The number of nitrogens with zero attached hydrogens (tertiary/aromatic N) is 7. The number of carbonyl (C=O) groups is 1. The van der Waals surface area contributed by atoms with Gasteiger partial charge in [-0.15, -0.1) is 0 Å². The van der Waals surface area contributed by atoms with Crippen molar-refractivity contribution >= 4 is 59.5 Å². The molecule has 3 atom stereocenters. The normalized spacial score (nSPS) is 20.5. The standard InChI is InChI=1S/C41H37F7N10O3S2/c1-19-29-30-34(41(46,47)48)53-58(35(30)40(44,45)31(19)29)16-28(59)50-26(13-20-11-21(42)14-22(43)12-20)32-25(23-5-4-6-24-33(23)56(2)54-36(24)55-63(3,60)61)15-27-37(51-32)52-38(62-27)57-17-39(18-57)7-9-49-10-8-39/h4-6,11-12,14-15,26,29,31,49H,1,7-10,13,16-18H2,2-3H3,(H,50,59)(H,54,55)/t26-,29+,31+/m0/s1. The fourth-order valence-corrected chi connectivity index (χ4v) is 11.2. The molecule has 3 fully saturated rings. The van der Waals surface area contributed by atoms with Crippen LogP contribution in [0.25, 0.3) is 32.4 Å². The van der Waals surface area contributed by atoms with Gasteiger partial charge < -0.3 is 15.5 Å². The molecule has 2 saturated heterocycles. The summed E-state index contributed by atoms with van der Waals surface area (Å²) >= 11 is 1.38. The van der Waals surface area contributed by atoms with Gasteiger partial charge in [0.05, 0.1) is 34.1 Å². The number of nitrogens with one attached hydrogen (secondary N) is 3. The lowest BCUT2D eigenvalue weighted by Gasteiger charge is -2.52. The summed E-state index contributed by atoms with van der Waals surface area (Å²) in [5.41, 5.74) is -1.49. The van der Waals surface area contributed by atoms with Gasteiger partial charge in [0.1, 0.15) is 23.9 Å². The van der Waals surface area contributed by atoms with E-state index in [1.54, 1.807) is 31.3 Å². The molecule has 22 heteroatoms. The molecular formula is C41H37F7N10O3S2. The van der Waals surface area contributed by atoms with E-state index in [1.807, 2.05) is 0 Å². The minimum Gasteiger partial charge on any atom is -0.347 e. The molecule has 1 amide bonds. The molecule has 2 aliphatic heterocycles. The number of allylic oxidation sites excluding steroid dienone is 1. The number of carbonyl (C=O) groups excluding carboxylic acids is 1. The van der Waals surface area contributed by atoms with Crippen LogP contribution in [-0.4, -0.2) is 76.3 Å². The Balaban J connectivity index is 1.10. The van der Waals surface area contributed by atoms with Crippen LogP contribution in [0.2, 0.25) is 0 Å². The summed E-state index contributed by atoms with van der Waals surface area (Å²) in [7, 11) is -2.19. The third-order valence-corrected chi connectivity index (χ3v) is 14.1. The Morgan fingerprint density at radius 3 is 2.44 bits per heavy atom. The molecule has 0 bridgehead atoms. The van der Waals surface area contributed by atoms with Gasteiger partial charge in [-0.05, 0) is 62.2 Å². The van der Waals surface area contributed by atoms with E-state index < -0.39 is 81.0 Å². The summed E-state index contributed by atoms with van der Waals surface area (Å²) in [6.45, 7) is 5.85. The van der Waals surface area contributed by atoms with E-state index >= 15 is 8.78 Å². The maximum absolute atomic E-state index is 15.7. The number of amides is 1. The van der Waals surface area contributed by atoms with E-state index in [0.29, 0.717) is 42.6 Å². The van der Waals surface area contributed by atoms with Gasteiger partial charge in [0, 0.05) is 59.6 Å². The van der Waals surface area contributed by atoms with Crippen LogP contribution in [0.15, 0.2) is 54.6 Å². The van der Waals surface area contributed by atoms with Gasteiger partial charge in [-0.3, -0.25) is 18.9 Å². The number of thiazole rings is 1. The highest BCUT2D eigenvalue weighted by Gasteiger charge is 2.71. The van der Waals surface area contributed by atoms with Gasteiger partial charge in [0.15, 0.2) is 22.3 Å². The summed E-state index contributed by atoms with van der Waals surface area (Å²) in [6.07, 6.45) is -2.44. The zero-order valence-corrected chi connectivity index (χ0v) is 35.1. The van der Waals surface area contributed by atoms with Crippen molar-refractivity contribution in [2.75, 3.05) is 42.1 Å². The van der Waals surface area contributed by atoms with E-state index in [1.165, 1.54) is 16.0 Å². The lowest BCUT2D eigenvalue weighted by atomic mass is 9.73. The van der Waals surface area contributed by atoms with Crippen LogP contribution < -0.4 is 20.3 Å². The fourth-order valence-electron chi connectivity index (χ4n) is 9.72. The van der Waals surface area contributed by atoms with Gasteiger partial charge in [-0.1, -0.05) is 35.6 Å². The van der Waals surface area contributed by atoms with Crippen molar-refractivity contribution in [2.24, 2.45) is 18.4 Å². The number of anilines is 2. The molecule has 6 aromatic rings. The van der Waals surface area contributed by atoms with Crippen molar-refractivity contribution in [2.45, 2.75) is 49.9 Å². The number of hydrogen-bond donors (Lipinski definition) is 3. The third kappa shape index (κ3) is 7.09. The maximum Gasteiger partial charge on any atom is 0.435 e. The largest absolute Gasteiger partial charge is 0.435 e. The molecule has 1 saturated carbocycles. The van der Waals surface area contributed by atoms with Crippen molar-refractivity contribution in [1.82, 2.24) is 40.2 Å². The monoisotopic (exact) mass is 914 g/mol. The number of para-hydroxylation sites is 1. The molecule has 1 spiro atoms. The van der Waals surface area contributed by atoms with Crippen molar-refractivity contribution in [3.05, 3.63) is 94.5 Å². The lowest BCUT2D eigenvalue weighted by molar-refractivity contribution is -0.142. The number of fused-ring (bicyclic) bond motifs is 5. The molecule has 0 radical (unpaired) electrons. The predicted molar refractivity (Wildman–Crippen MR) is 220 cm³/mol. The Hall–Kier alpha value is -5.61. The molecule has 6 heterocycles. The minimum absolute atomic E-state index is 0.0280. The summed E-state index contributed by atoms with van der Waals surface area (Å²) in [5.74, 6) is -9.48. The Morgan fingerprint density at radius 1 is 1.05 bits per heavy atom. The zero-order chi connectivity index (χ0) is 44.5. The smallest absolute Gasteiger partial charge is 0.347 e. The second-order valence-electron chi connectivity index (χ2n) is 16.9. The van der Waals surface area contributed by atoms with Crippen LogP contribution >= 0.6 is 11.3 Å². The van der Waals surface area contributed by atoms with E-state index in [9.17, 15) is 35.2 Å². The number of halogens is 7. The second kappa shape index (κ2) is 14.2. The number of aryl methyl sites for hydroxylation is 1. The van der Waals surface area contributed by atoms with Crippen LogP contribution in [0.5, 0.6) is 0 Å². The van der Waals surface area contributed by atoms with Crippen LogP contribution in [0.4, 0.5) is 41.7 Å². The van der Waals surface area contributed by atoms with Gasteiger partial charge in [0.25, 0.3) is 5.92 Å². The first-order valence-electron chi connectivity index (χ1n) is 19.9. The molecule has 4 aliphatic rings.